The monoisotopic (exact) mass is 450 g/mol. The van der Waals surface area contributed by atoms with Gasteiger partial charge in [0.15, 0.2) is 5.76 Å². The van der Waals surface area contributed by atoms with Crippen LogP contribution in [0.3, 0.4) is 0 Å². The van der Waals surface area contributed by atoms with Crippen LogP contribution >= 0.6 is 0 Å². The van der Waals surface area contributed by atoms with Crippen molar-refractivity contribution in [3.8, 4) is 0 Å². The molecule has 3 aliphatic carbocycles. The molecule has 178 valence electrons. The van der Waals surface area contributed by atoms with Crippen LogP contribution in [0.25, 0.3) is 0 Å². The van der Waals surface area contributed by atoms with Gasteiger partial charge in [-0.3, -0.25) is 14.4 Å². The van der Waals surface area contributed by atoms with Crippen LogP contribution in [0.2, 0.25) is 0 Å². The highest BCUT2D eigenvalue weighted by atomic mass is 16.6. The van der Waals surface area contributed by atoms with Gasteiger partial charge in [-0.25, -0.2) is 0 Å². The number of Topliss-reactive ketones (excluding diaryl/α,β-unsaturated/α-hetero) is 1. The molecule has 4 aliphatic rings. The second kappa shape index (κ2) is 7.29. The summed E-state index contributed by atoms with van der Waals surface area (Å²) in [7, 11) is 2.93. The number of aliphatic hydroxyl groups is 1. The molecule has 8 heteroatoms. The molecular weight excluding hydrogens is 416 g/mol. The summed E-state index contributed by atoms with van der Waals surface area (Å²) in [4.78, 5) is 38.7. The first-order valence-corrected chi connectivity index (χ1v) is 11.3. The molecule has 0 bridgehead atoms. The molecule has 32 heavy (non-hydrogen) atoms. The Labute approximate surface area is 188 Å². The molecule has 1 aliphatic heterocycles. The molecule has 0 aromatic heterocycles. The fourth-order valence-corrected chi connectivity index (χ4v) is 7.87. The highest BCUT2D eigenvalue weighted by molar-refractivity contribution is 6.00. The van der Waals surface area contributed by atoms with Gasteiger partial charge in [-0.1, -0.05) is 20.8 Å². The van der Waals surface area contributed by atoms with E-state index in [2.05, 4.69) is 0 Å². The molecular formula is C24H34O8. The summed E-state index contributed by atoms with van der Waals surface area (Å²) in [6.45, 7) is 8.82. The molecule has 4 rings (SSSR count). The summed E-state index contributed by atoms with van der Waals surface area (Å²) >= 11 is 0. The minimum atomic E-state index is -1.48. The average molecular weight is 451 g/mol. The van der Waals surface area contributed by atoms with Gasteiger partial charge in [0, 0.05) is 36.7 Å². The van der Waals surface area contributed by atoms with Crippen LogP contribution in [0.15, 0.2) is 11.8 Å². The van der Waals surface area contributed by atoms with Gasteiger partial charge in [-0.05, 0) is 31.3 Å². The van der Waals surface area contributed by atoms with Crippen LogP contribution in [0.5, 0.6) is 0 Å². The van der Waals surface area contributed by atoms with Gasteiger partial charge in [-0.2, -0.15) is 0 Å². The van der Waals surface area contributed by atoms with E-state index in [-0.39, 0.29) is 35.8 Å². The Morgan fingerprint density at radius 1 is 1.22 bits per heavy atom. The van der Waals surface area contributed by atoms with E-state index in [0.29, 0.717) is 6.42 Å². The van der Waals surface area contributed by atoms with Crippen molar-refractivity contribution in [1.82, 2.24) is 0 Å². The number of esters is 2. The minimum absolute atomic E-state index is 0.000611. The van der Waals surface area contributed by atoms with E-state index in [0.717, 1.165) is 0 Å². The maximum absolute atomic E-state index is 13.9. The number of rotatable bonds is 3. The topological polar surface area (TPSA) is 108 Å². The lowest BCUT2D eigenvalue weighted by molar-refractivity contribution is -0.317. The van der Waals surface area contributed by atoms with Crippen LogP contribution in [-0.2, 0) is 33.3 Å². The van der Waals surface area contributed by atoms with Gasteiger partial charge in [0.2, 0.25) is 5.78 Å². The van der Waals surface area contributed by atoms with Crippen molar-refractivity contribution in [2.24, 2.45) is 34.5 Å². The molecule has 10 atom stereocenters. The Kier molecular flexibility index (Phi) is 5.29. The van der Waals surface area contributed by atoms with Crippen molar-refractivity contribution in [2.45, 2.75) is 71.4 Å². The normalized spacial score (nSPS) is 49.9. The first-order chi connectivity index (χ1) is 14.8. The standard InChI is InChI=1S/C24H34O8/c1-11-8-14(29-6)20(27)22(3)13(11)9-16-23(4)15(10-17(26)32-16)24(5,28)21(30-7)18(19(22)23)31-12(2)25/h8,11,13,15-16,18-19,21,28H,9-10H2,1-7H3/t11-,13+,15?,16-,18+,19-,21?,22+,23-,24+/m1/s1. The zero-order valence-electron chi connectivity index (χ0n) is 19.8. The predicted molar refractivity (Wildman–Crippen MR) is 112 cm³/mol. The van der Waals surface area contributed by atoms with Gasteiger partial charge >= 0.3 is 11.9 Å². The molecule has 0 radical (unpaired) electrons. The summed E-state index contributed by atoms with van der Waals surface area (Å²) in [5.41, 5.74) is -3.27. The number of carbonyl (C=O) groups is 3. The van der Waals surface area contributed by atoms with Gasteiger partial charge in [0.1, 0.15) is 18.3 Å². The van der Waals surface area contributed by atoms with Crippen molar-refractivity contribution in [1.29, 1.82) is 0 Å². The summed E-state index contributed by atoms with van der Waals surface area (Å²) in [6.07, 6.45) is -0.0443. The molecule has 0 amide bonds. The summed E-state index contributed by atoms with van der Waals surface area (Å²) in [5.74, 6) is -2.06. The first kappa shape index (κ1) is 23.2. The molecule has 1 N–H and O–H groups in total. The molecule has 2 saturated carbocycles. The molecule has 8 nitrogen and oxygen atoms in total. The average Bonchev–Trinajstić information content (AvgIpc) is 2.69. The van der Waals surface area contributed by atoms with Crippen molar-refractivity contribution in [2.75, 3.05) is 14.2 Å². The molecule has 0 aromatic rings. The van der Waals surface area contributed by atoms with Crippen molar-refractivity contribution in [3.05, 3.63) is 11.8 Å². The van der Waals surface area contributed by atoms with Crippen LogP contribution in [0.1, 0.15) is 47.5 Å². The van der Waals surface area contributed by atoms with E-state index in [9.17, 15) is 19.5 Å². The Morgan fingerprint density at radius 3 is 2.44 bits per heavy atom. The Morgan fingerprint density at radius 2 is 1.88 bits per heavy atom. The van der Waals surface area contributed by atoms with Gasteiger partial charge in [-0.15, -0.1) is 0 Å². The lowest BCUT2D eigenvalue weighted by Gasteiger charge is -2.69. The number of allylic oxidation sites excluding steroid dienone is 2. The molecule has 3 fully saturated rings. The first-order valence-electron chi connectivity index (χ1n) is 11.3. The number of hydrogen-bond donors (Lipinski definition) is 1. The second-order valence-electron chi connectivity index (χ2n) is 10.6. The molecule has 0 aromatic carbocycles. The number of ketones is 1. The van der Waals surface area contributed by atoms with E-state index in [1.807, 2.05) is 26.8 Å². The number of ether oxygens (including phenoxy) is 4. The van der Waals surface area contributed by atoms with Gasteiger partial charge < -0.3 is 24.1 Å². The molecule has 1 heterocycles. The lowest BCUT2D eigenvalue weighted by atomic mass is 9.37. The molecule has 1 saturated heterocycles. The van der Waals surface area contributed by atoms with Crippen LogP contribution < -0.4 is 0 Å². The highest BCUT2D eigenvalue weighted by Crippen LogP contribution is 2.69. The van der Waals surface area contributed by atoms with Crippen LogP contribution in [0, 0.1) is 34.5 Å². The third kappa shape index (κ3) is 2.78. The number of carbonyl (C=O) groups excluding carboxylic acids is 3. The van der Waals surface area contributed by atoms with E-state index in [4.69, 9.17) is 18.9 Å². The fourth-order valence-electron chi connectivity index (χ4n) is 7.87. The van der Waals surface area contributed by atoms with E-state index in [1.165, 1.54) is 21.1 Å². The highest BCUT2D eigenvalue weighted by Gasteiger charge is 2.76. The third-order valence-electron chi connectivity index (χ3n) is 9.09. The quantitative estimate of drug-likeness (QED) is 0.651. The van der Waals surface area contributed by atoms with E-state index < -0.39 is 52.5 Å². The fraction of sp³-hybridized carbons (Fsp3) is 0.792. The second-order valence-corrected chi connectivity index (χ2v) is 10.6. The Hall–Kier alpha value is -1.93. The maximum atomic E-state index is 13.9. The van der Waals surface area contributed by atoms with Crippen molar-refractivity contribution >= 4 is 17.7 Å². The SMILES string of the molecule is COC1=C[C@@H](C)[C@@H]2C[C@H]3OC(=O)CC4[C@](C)(O)C(OC)[C@@H](OC(C)=O)[C@H]([C@@]2(C)C1=O)[C@]43C. The third-order valence-corrected chi connectivity index (χ3v) is 9.09. The number of methoxy groups -OCH3 is 2. The smallest absolute Gasteiger partial charge is 0.306 e. The zero-order chi connectivity index (χ0) is 23.8. The van der Waals surface area contributed by atoms with Crippen molar-refractivity contribution < 1.29 is 38.4 Å². The van der Waals surface area contributed by atoms with Crippen LogP contribution in [0.4, 0.5) is 0 Å². The summed E-state index contributed by atoms with van der Waals surface area (Å²) < 4.78 is 22.9. The summed E-state index contributed by atoms with van der Waals surface area (Å²) in [6, 6.07) is 0. The number of fused-ring (bicyclic) bond motifs is 2. The lowest BCUT2D eigenvalue weighted by Crippen LogP contribution is -2.78. The largest absolute Gasteiger partial charge is 0.493 e. The van der Waals surface area contributed by atoms with E-state index in [1.54, 1.807) is 6.92 Å². The Balaban J connectivity index is 2.00. The Bertz CT molecular complexity index is 877. The molecule has 0 spiro atoms. The number of hydrogen-bond acceptors (Lipinski definition) is 8. The van der Waals surface area contributed by atoms with Crippen LogP contribution in [-0.4, -0.2) is 61.0 Å². The maximum Gasteiger partial charge on any atom is 0.306 e. The van der Waals surface area contributed by atoms with Crippen molar-refractivity contribution in [3.63, 3.8) is 0 Å². The van der Waals surface area contributed by atoms with E-state index >= 15 is 0 Å². The van der Waals surface area contributed by atoms with Gasteiger partial charge in [0.25, 0.3) is 0 Å². The van der Waals surface area contributed by atoms with Gasteiger partial charge in [0.05, 0.1) is 19.1 Å². The molecule has 2 unspecified atom stereocenters. The summed E-state index contributed by atoms with van der Waals surface area (Å²) in [5, 5.41) is 11.7. The minimum Gasteiger partial charge on any atom is -0.493 e. The predicted octanol–water partition coefficient (Wildman–Crippen LogP) is 2.03. The zero-order valence-corrected chi connectivity index (χ0v) is 19.8.